The standard InChI is InChI=1S/C9H18O2/c1-4-9(6-10,7-11)5-8(2)3/h10-11H,2,4-7H2,1,3H3. The number of aliphatic hydroxyl groups excluding tert-OH is 2. The first-order chi connectivity index (χ1) is 5.10. The molecule has 0 aliphatic rings. The Bertz CT molecular complexity index is 117. The summed E-state index contributed by atoms with van der Waals surface area (Å²) in [6.45, 7) is 7.71. The molecule has 0 rings (SSSR count). The van der Waals surface area contributed by atoms with E-state index in [0.29, 0.717) is 6.42 Å². The molecule has 0 amide bonds. The summed E-state index contributed by atoms with van der Waals surface area (Å²) >= 11 is 0. The number of allylic oxidation sites excluding steroid dienone is 1. The summed E-state index contributed by atoms with van der Waals surface area (Å²) in [5, 5.41) is 18.0. The van der Waals surface area contributed by atoms with Crippen LogP contribution in [0.25, 0.3) is 0 Å². The molecule has 0 saturated carbocycles. The van der Waals surface area contributed by atoms with Gasteiger partial charge in [-0.3, -0.25) is 0 Å². The molecule has 2 N–H and O–H groups in total. The molecule has 0 aliphatic heterocycles. The molecule has 0 radical (unpaired) electrons. The molecule has 0 bridgehead atoms. The first-order valence-electron chi connectivity index (χ1n) is 3.96. The summed E-state index contributed by atoms with van der Waals surface area (Å²) in [5.41, 5.74) is 0.668. The molecular formula is C9H18O2. The van der Waals surface area contributed by atoms with Gasteiger partial charge < -0.3 is 10.2 Å². The van der Waals surface area contributed by atoms with Gasteiger partial charge in [-0.05, 0) is 19.8 Å². The van der Waals surface area contributed by atoms with Gasteiger partial charge in [0.15, 0.2) is 0 Å². The molecule has 0 aromatic heterocycles. The van der Waals surface area contributed by atoms with Gasteiger partial charge in [0, 0.05) is 5.41 Å². The predicted molar refractivity (Wildman–Crippen MR) is 46.3 cm³/mol. The Morgan fingerprint density at radius 1 is 1.36 bits per heavy atom. The van der Waals surface area contributed by atoms with Crippen LogP contribution >= 0.6 is 0 Å². The van der Waals surface area contributed by atoms with Crippen LogP contribution in [0.3, 0.4) is 0 Å². The Labute approximate surface area is 68.6 Å². The van der Waals surface area contributed by atoms with Crippen molar-refractivity contribution in [2.45, 2.75) is 26.7 Å². The highest BCUT2D eigenvalue weighted by Gasteiger charge is 2.26. The van der Waals surface area contributed by atoms with E-state index in [1.54, 1.807) is 0 Å². The second-order valence-electron chi connectivity index (χ2n) is 3.30. The van der Waals surface area contributed by atoms with Gasteiger partial charge in [-0.25, -0.2) is 0 Å². The molecule has 11 heavy (non-hydrogen) atoms. The minimum atomic E-state index is -0.341. The molecule has 0 aliphatic carbocycles. The summed E-state index contributed by atoms with van der Waals surface area (Å²) in [4.78, 5) is 0. The molecule has 2 heteroatoms. The summed E-state index contributed by atoms with van der Waals surface area (Å²) in [7, 11) is 0. The molecule has 0 heterocycles. The third-order valence-corrected chi connectivity index (χ3v) is 2.10. The van der Waals surface area contributed by atoms with Gasteiger partial charge in [0.25, 0.3) is 0 Å². The van der Waals surface area contributed by atoms with Crippen LogP contribution < -0.4 is 0 Å². The molecule has 0 saturated heterocycles. The Morgan fingerprint density at radius 2 is 1.82 bits per heavy atom. The van der Waals surface area contributed by atoms with E-state index in [0.717, 1.165) is 12.0 Å². The van der Waals surface area contributed by atoms with Crippen LogP contribution in [0, 0.1) is 5.41 Å². The van der Waals surface area contributed by atoms with Crippen molar-refractivity contribution in [1.82, 2.24) is 0 Å². The largest absolute Gasteiger partial charge is 0.396 e. The van der Waals surface area contributed by atoms with Gasteiger partial charge in [-0.2, -0.15) is 0 Å². The number of hydrogen-bond acceptors (Lipinski definition) is 2. The molecule has 0 spiro atoms. The third kappa shape index (κ3) is 3.04. The van der Waals surface area contributed by atoms with E-state index >= 15 is 0 Å². The minimum absolute atomic E-state index is 0.0346. The SMILES string of the molecule is C=C(C)CC(CC)(CO)CO. The average Bonchev–Trinajstić information content (AvgIpc) is 2.00. The highest BCUT2D eigenvalue weighted by molar-refractivity contribution is 4.96. The fourth-order valence-corrected chi connectivity index (χ4v) is 1.15. The van der Waals surface area contributed by atoms with Crippen LogP contribution in [0.1, 0.15) is 26.7 Å². The van der Waals surface area contributed by atoms with Crippen molar-refractivity contribution in [3.63, 3.8) is 0 Å². The van der Waals surface area contributed by atoms with Gasteiger partial charge >= 0.3 is 0 Å². The molecule has 2 nitrogen and oxygen atoms in total. The lowest BCUT2D eigenvalue weighted by molar-refractivity contribution is 0.0515. The van der Waals surface area contributed by atoms with E-state index in [2.05, 4.69) is 6.58 Å². The maximum Gasteiger partial charge on any atom is 0.0512 e. The molecule has 0 atom stereocenters. The van der Waals surface area contributed by atoms with Crippen LogP contribution in [-0.2, 0) is 0 Å². The Hall–Kier alpha value is -0.340. The van der Waals surface area contributed by atoms with E-state index in [4.69, 9.17) is 10.2 Å². The van der Waals surface area contributed by atoms with E-state index in [1.165, 1.54) is 0 Å². The molecular weight excluding hydrogens is 140 g/mol. The van der Waals surface area contributed by atoms with Gasteiger partial charge in [0.2, 0.25) is 0 Å². The van der Waals surface area contributed by atoms with E-state index < -0.39 is 0 Å². The highest BCUT2D eigenvalue weighted by atomic mass is 16.3. The van der Waals surface area contributed by atoms with Crippen molar-refractivity contribution in [3.05, 3.63) is 12.2 Å². The Kier molecular flexibility index (Phi) is 4.38. The van der Waals surface area contributed by atoms with E-state index in [1.807, 2.05) is 13.8 Å². The lowest BCUT2D eigenvalue weighted by atomic mass is 9.81. The fraction of sp³-hybridized carbons (Fsp3) is 0.778. The second kappa shape index (κ2) is 4.52. The van der Waals surface area contributed by atoms with E-state index in [9.17, 15) is 0 Å². The van der Waals surface area contributed by atoms with Crippen LogP contribution in [0.15, 0.2) is 12.2 Å². The quantitative estimate of drug-likeness (QED) is 0.593. The summed E-state index contributed by atoms with van der Waals surface area (Å²) in [5.74, 6) is 0. The first kappa shape index (κ1) is 10.7. The summed E-state index contributed by atoms with van der Waals surface area (Å²) in [6, 6.07) is 0. The smallest absolute Gasteiger partial charge is 0.0512 e. The van der Waals surface area contributed by atoms with Crippen molar-refractivity contribution in [3.8, 4) is 0 Å². The maximum atomic E-state index is 9.02. The average molecular weight is 158 g/mol. The van der Waals surface area contributed by atoms with Crippen LogP contribution in [0.4, 0.5) is 0 Å². The van der Waals surface area contributed by atoms with Gasteiger partial charge in [0.1, 0.15) is 0 Å². The minimum Gasteiger partial charge on any atom is -0.396 e. The van der Waals surface area contributed by atoms with Crippen LogP contribution in [0.5, 0.6) is 0 Å². The molecule has 0 unspecified atom stereocenters. The van der Waals surface area contributed by atoms with Crippen molar-refractivity contribution in [1.29, 1.82) is 0 Å². The zero-order valence-electron chi connectivity index (χ0n) is 7.43. The predicted octanol–water partition coefficient (Wildman–Crippen LogP) is 1.33. The van der Waals surface area contributed by atoms with Gasteiger partial charge in [0.05, 0.1) is 13.2 Å². The van der Waals surface area contributed by atoms with Crippen molar-refractivity contribution < 1.29 is 10.2 Å². The highest BCUT2D eigenvalue weighted by Crippen LogP contribution is 2.28. The van der Waals surface area contributed by atoms with Gasteiger partial charge in [-0.15, -0.1) is 6.58 Å². The zero-order valence-corrected chi connectivity index (χ0v) is 7.43. The number of hydrogen-bond donors (Lipinski definition) is 2. The lowest BCUT2D eigenvalue weighted by Crippen LogP contribution is -2.29. The number of aliphatic hydroxyl groups is 2. The molecule has 66 valence electrons. The van der Waals surface area contributed by atoms with Crippen molar-refractivity contribution >= 4 is 0 Å². The van der Waals surface area contributed by atoms with Crippen molar-refractivity contribution in [2.24, 2.45) is 5.41 Å². The van der Waals surface area contributed by atoms with E-state index in [-0.39, 0.29) is 18.6 Å². The summed E-state index contributed by atoms with van der Waals surface area (Å²) < 4.78 is 0. The second-order valence-corrected chi connectivity index (χ2v) is 3.30. The van der Waals surface area contributed by atoms with Crippen LogP contribution in [-0.4, -0.2) is 23.4 Å². The topological polar surface area (TPSA) is 40.5 Å². The molecule has 0 aromatic rings. The normalized spacial score (nSPS) is 11.6. The van der Waals surface area contributed by atoms with Gasteiger partial charge in [-0.1, -0.05) is 12.5 Å². The lowest BCUT2D eigenvalue weighted by Gasteiger charge is -2.28. The molecule has 0 aromatic carbocycles. The van der Waals surface area contributed by atoms with Crippen molar-refractivity contribution in [2.75, 3.05) is 13.2 Å². The summed E-state index contributed by atoms with van der Waals surface area (Å²) in [6.07, 6.45) is 1.49. The third-order valence-electron chi connectivity index (χ3n) is 2.10. The first-order valence-corrected chi connectivity index (χ1v) is 3.96. The fourth-order valence-electron chi connectivity index (χ4n) is 1.15. The zero-order chi connectivity index (χ0) is 8.91. The monoisotopic (exact) mass is 158 g/mol. The maximum absolute atomic E-state index is 9.02. The van der Waals surface area contributed by atoms with Crippen LogP contribution in [0.2, 0.25) is 0 Å². The number of rotatable bonds is 5. The molecule has 0 fully saturated rings. The Balaban J connectivity index is 4.16. The Morgan fingerprint density at radius 3 is 1.91 bits per heavy atom.